The molecule has 2 amide bonds. The minimum Gasteiger partial charge on any atom is -0.456 e. The Balaban J connectivity index is 0.000000224. The first-order valence-corrected chi connectivity index (χ1v) is 46.8. The second-order valence-corrected chi connectivity index (χ2v) is 43.3. The first-order chi connectivity index (χ1) is 61.5. The molecule has 4 saturated carbocycles. The number of carbonyl (C=O) groups is 12. The molecule has 6 aliphatic carbocycles. The number of hydrogen-bond donors (Lipinski definition) is 7. The summed E-state index contributed by atoms with van der Waals surface area (Å²) in [5.41, 5.74) is -13.6. The lowest BCUT2D eigenvalue weighted by atomic mass is 9.44. The molecule has 6 fully saturated rings. The van der Waals surface area contributed by atoms with Crippen LogP contribution in [0.3, 0.4) is 0 Å². The van der Waals surface area contributed by atoms with Crippen LogP contribution in [-0.4, -0.2) is 214 Å². The predicted molar refractivity (Wildman–Crippen MR) is 471 cm³/mol. The van der Waals surface area contributed by atoms with Crippen molar-refractivity contribution >= 4 is 79.5 Å². The average molecular weight is 1820 g/mol. The van der Waals surface area contributed by atoms with E-state index in [0.717, 1.165) is 20.8 Å². The maximum Gasteiger partial charge on any atom is 0.338 e. The number of rotatable bonds is 22. The van der Waals surface area contributed by atoms with Gasteiger partial charge >= 0.3 is 47.8 Å². The van der Waals surface area contributed by atoms with Gasteiger partial charge in [-0.15, -0.1) is 0 Å². The van der Waals surface area contributed by atoms with E-state index >= 15 is 14.4 Å². The molecule has 0 spiro atoms. The van der Waals surface area contributed by atoms with Crippen LogP contribution in [0.15, 0.2) is 204 Å². The van der Waals surface area contributed by atoms with Crippen LogP contribution in [0.5, 0.6) is 0 Å². The van der Waals surface area contributed by atoms with Crippen LogP contribution >= 0.6 is 0 Å². The van der Waals surface area contributed by atoms with E-state index in [2.05, 4.69) is 10.6 Å². The van der Waals surface area contributed by atoms with Crippen molar-refractivity contribution in [3.63, 3.8) is 0 Å². The lowest BCUT2D eigenvalue weighted by Gasteiger charge is -2.67. The topological polar surface area (TPSA) is 432 Å². The average Bonchev–Trinajstić information content (AvgIpc) is 0.671. The zero-order chi connectivity index (χ0) is 95.6. The second kappa shape index (κ2) is 36.7. The molecule has 6 aromatic rings. The molecule has 14 rings (SSSR count). The first kappa shape index (κ1) is 97.3. The molecule has 698 valence electrons. The quantitative estimate of drug-likeness (QED) is 0.0144. The van der Waals surface area contributed by atoms with Crippen molar-refractivity contribution in [1.82, 2.24) is 10.6 Å². The zero-order valence-electron chi connectivity index (χ0n) is 76.4. The summed E-state index contributed by atoms with van der Waals surface area (Å²) in [6, 6.07) is 47.2. The van der Waals surface area contributed by atoms with Gasteiger partial charge in [-0.25, -0.2) is 19.2 Å². The van der Waals surface area contributed by atoms with E-state index in [1.165, 1.54) is 52.0 Å². The summed E-state index contributed by atoms with van der Waals surface area (Å²) in [7, 11) is -2.93. The maximum absolute atomic E-state index is 15.8. The van der Waals surface area contributed by atoms with Crippen molar-refractivity contribution in [2.45, 2.75) is 255 Å². The lowest BCUT2D eigenvalue weighted by Crippen LogP contribution is -2.82. The van der Waals surface area contributed by atoms with Crippen molar-refractivity contribution in [2.24, 2.45) is 33.5 Å². The third-order valence-corrected chi connectivity index (χ3v) is 33.6. The van der Waals surface area contributed by atoms with Crippen LogP contribution < -0.4 is 10.6 Å². The number of aliphatic hydroxyl groups excluding tert-OH is 3. The minimum absolute atomic E-state index is 0.00289. The third kappa shape index (κ3) is 17.4. The van der Waals surface area contributed by atoms with Crippen LogP contribution in [0.25, 0.3) is 0 Å². The molecule has 131 heavy (non-hydrogen) atoms. The molecule has 2 aliphatic heterocycles. The normalized spacial score (nSPS) is 31.1. The number of carbonyl (C=O) groups excluding carboxylic acids is 12. The molecule has 22 atom stereocenters. The van der Waals surface area contributed by atoms with Crippen LogP contribution in [0.2, 0.25) is 18.1 Å². The maximum atomic E-state index is 15.8. The zero-order valence-corrected chi connectivity index (χ0v) is 77.4. The standard InChI is InChI=1S/C53H65NO14Si.C47H51NO14/c1-30-36(65-48(61)42(68-69(10,11)49(4,5)6)40(33-21-15-12-16-22-33)54-46(59)34-23-17-13-18-24-34)28-53(62)45(66-47(60)35-25-19-14-20-26-35)43-51(9,37(57)27-38-52(43,29-63-38)67-32(3)56)44(58)41(64-31(2)55)39(30)50(53,7)8;1-25-31(60-43(56)36(52)35(28-16-10-7-11-17-28)48-41(54)29-18-12-8-13-19-29)23-47(57)40(61-42(55)30-20-14-9-15-21-30)38-45(6,32(51)22-33-46(38,24-58-33)62-27(3)50)39(53)37(59-26(2)49)34(25)44(47,4)5/h12-26,36-38,40-43,45,57,62H,27-29H2,1-11H3,(H,54,59);7-21,31-33,35-38,40,51-52,57H,22-24H2,1-6H3,(H,48,54)/t36-,37-,38+,40-,41+,42+,43-,45-,51+,52-,53+;31-,32-,33+,35-,36+,37+,38-,40-,45+,46-,47+/m00/s1. The van der Waals surface area contributed by atoms with E-state index < -0.39 is 239 Å². The molecule has 0 aromatic heterocycles. The number of hydrogen-bond acceptors (Lipinski definition) is 28. The number of esters is 8. The molecular weight excluding hydrogens is 1710 g/mol. The van der Waals surface area contributed by atoms with E-state index in [1.807, 2.05) is 33.9 Å². The monoisotopic (exact) mass is 1820 g/mol. The molecule has 2 heterocycles. The van der Waals surface area contributed by atoms with Gasteiger partial charge in [0.15, 0.2) is 55.5 Å². The van der Waals surface area contributed by atoms with Crippen LogP contribution in [0, 0.1) is 33.5 Å². The van der Waals surface area contributed by atoms with Crippen molar-refractivity contribution in [1.29, 1.82) is 0 Å². The molecule has 0 radical (unpaired) electrons. The summed E-state index contributed by atoms with van der Waals surface area (Å²) >= 11 is 0. The Morgan fingerprint density at radius 2 is 0.771 bits per heavy atom. The molecule has 30 nitrogen and oxygen atoms in total. The van der Waals surface area contributed by atoms with E-state index in [4.69, 9.17) is 51.8 Å². The Morgan fingerprint density at radius 3 is 1.09 bits per heavy atom. The van der Waals surface area contributed by atoms with Gasteiger partial charge in [0.1, 0.15) is 47.8 Å². The summed E-state index contributed by atoms with van der Waals surface area (Å²) in [4.78, 5) is 170. The van der Waals surface area contributed by atoms with Crippen molar-refractivity contribution < 1.29 is 135 Å². The van der Waals surface area contributed by atoms with E-state index in [9.17, 15) is 68.7 Å². The van der Waals surface area contributed by atoms with Gasteiger partial charge in [0.2, 0.25) is 0 Å². The highest BCUT2D eigenvalue weighted by atomic mass is 28.4. The molecule has 8 aliphatic rings. The first-order valence-electron chi connectivity index (χ1n) is 43.9. The summed E-state index contributed by atoms with van der Waals surface area (Å²) in [6.45, 7) is 26.2. The summed E-state index contributed by atoms with van der Waals surface area (Å²) < 4.78 is 68.5. The fraction of sp³-hybridized carbons (Fsp3) is 0.480. The Bertz CT molecular complexity index is 5450. The highest BCUT2D eigenvalue weighted by molar-refractivity contribution is 6.74. The Morgan fingerprint density at radius 1 is 0.450 bits per heavy atom. The summed E-state index contributed by atoms with van der Waals surface area (Å²) in [6.07, 6.45) is -20.3. The summed E-state index contributed by atoms with van der Waals surface area (Å²) in [5.74, 6) is -13.2. The molecule has 6 aromatic carbocycles. The van der Waals surface area contributed by atoms with Gasteiger partial charge in [-0.2, -0.15) is 0 Å². The van der Waals surface area contributed by atoms with Crippen LogP contribution in [0.1, 0.15) is 194 Å². The number of amides is 2. The third-order valence-electron chi connectivity index (χ3n) is 29.2. The van der Waals surface area contributed by atoms with Gasteiger partial charge in [-0.05, 0) is 128 Å². The number of ketones is 2. The molecule has 7 N–H and O–H groups in total. The predicted octanol–water partition coefficient (Wildman–Crippen LogP) is 10.5. The van der Waals surface area contributed by atoms with Crippen LogP contribution in [0.4, 0.5) is 0 Å². The number of ether oxygens (including phenoxy) is 10. The number of nitrogens with one attached hydrogen (secondary N) is 2. The van der Waals surface area contributed by atoms with Gasteiger partial charge in [0.05, 0.1) is 71.3 Å². The Hall–Kier alpha value is -11.3. The van der Waals surface area contributed by atoms with E-state index in [0.29, 0.717) is 16.7 Å². The molecule has 31 heteroatoms. The van der Waals surface area contributed by atoms with Crippen LogP contribution in [-0.2, 0) is 90.2 Å². The van der Waals surface area contributed by atoms with E-state index in [1.54, 1.807) is 192 Å². The molecule has 0 unspecified atom stereocenters. The largest absolute Gasteiger partial charge is 0.456 e. The Kier molecular flexibility index (Phi) is 27.3. The van der Waals surface area contributed by atoms with Crippen molar-refractivity contribution in [3.05, 3.63) is 238 Å². The molecule has 4 bridgehead atoms. The molecule has 2 saturated heterocycles. The number of Topliss-reactive ketones (excluding diaryl/α,β-unsaturated/α-hetero) is 2. The van der Waals surface area contributed by atoms with Gasteiger partial charge in [-0.1, -0.05) is 182 Å². The van der Waals surface area contributed by atoms with E-state index in [-0.39, 0.29) is 65.0 Å². The fourth-order valence-corrected chi connectivity index (χ4v) is 22.2. The number of aliphatic hydroxyl groups is 5. The number of fused-ring (bicyclic) bond motifs is 10. The fourth-order valence-electron chi connectivity index (χ4n) is 21.0. The second-order valence-electron chi connectivity index (χ2n) is 38.6. The van der Waals surface area contributed by atoms with Gasteiger partial charge in [0.25, 0.3) is 11.8 Å². The van der Waals surface area contributed by atoms with Crippen molar-refractivity contribution in [3.8, 4) is 0 Å². The summed E-state index contributed by atoms with van der Waals surface area (Å²) in [5, 5.41) is 69.1. The SMILES string of the molecule is CC(=O)O[C@H]1C(=O)[C@@]2(C)[C@H]([C@H](OC(=O)c3ccccc3)[C@]3(O)C[C@H](OC(=O)[C@H](O)[C@@H](NC(=O)c4ccccc4)c4ccccc4)C(C)=C1C3(C)C)[C@]1(OC(C)=O)CO[C@@H]1C[C@@H]2O.CC(=O)O[C@H]1C(=O)[C@@]2(C)[C@H]([C@H](OC(=O)c3ccccc3)[C@]3(O)C[C@H](OC(=O)[C@H](O[Si](C)(C)C(C)(C)C)[C@@H](NC(=O)c4ccccc4)c4ccccc4)C(C)=C1C3(C)C)[C@]1(OC(C)=O)CO[C@@H]1C[C@@H]2O. The molecular formula is C100H116N2O28Si. The smallest absolute Gasteiger partial charge is 0.338 e. The highest BCUT2D eigenvalue weighted by Gasteiger charge is 2.81. The van der Waals surface area contributed by atoms with Gasteiger partial charge in [0, 0.05) is 75.3 Å². The van der Waals surface area contributed by atoms with Crippen molar-refractivity contribution in [2.75, 3.05) is 13.2 Å². The van der Waals surface area contributed by atoms with Gasteiger partial charge in [-0.3, -0.25) is 38.4 Å². The minimum atomic E-state index is -2.93. The number of benzene rings is 6. The highest BCUT2D eigenvalue weighted by Crippen LogP contribution is 2.67. The lowest BCUT2D eigenvalue weighted by molar-refractivity contribution is -0.346. The Labute approximate surface area is 760 Å². The van der Waals surface area contributed by atoms with Gasteiger partial charge < -0.3 is 88.0 Å².